The molecule has 4 heteroatoms. The van der Waals surface area contributed by atoms with E-state index in [0.717, 1.165) is 0 Å². The lowest BCUT2D eigenvalue weighted by molar-refractivity contribution is -0.255. The van der Waals surface area contributed by atoms with Crippen molar-refractivity contribution in [2.24, 2.45) is 5.84 Å². The summed E-state index contributed by atoms with van der Waals surface area (Å²) in [6.07, 6.45) is 0. The van der Waals surface area contributed by atoms with Gasteiger partial charge in [0.1, 0.15) is 0 Å². The summed E-state index contributed by atoms with van der Waals surface area (Å²) < 4.78 is 0. The molecule has 0 unspecified atom stereocenters. The van der Waals surface area contributed by atoms with Crippen molar-refractivity contribution >= 4 is 11.7 Å². The Morgan fingerprint density at radius 3 is 2.82 bits per heavy atom. The van der Waals surface area contributed by atoms with E-state index in [4.69, 9.17) is 5.84 Å². The van der Waals surface area contributed by atoms with Gasteiger partial charge in [-0.15, -0.1) is 0 Å². The number of carboxylic acids is 1. The third-order valence-electron chi connectivity index (χ3n) is 1.26. The maximum atomic E-state index is 10.3. The molecule has 1 rings (SSSR count). The predicted octanol–water partition coefficient (Wildman–Crippen LogP) is -0.664. The number of nitrogens with one attached hydrogen (secondary N) is 1. The number of hydrogen-bond acceptors (Lipinski definition) is 4. The molecule has 1 aromatic carbocycles. The Hall–Kier alpha value is -1.55. The van der Waals surface area contributed by atoms with E-state index in [9.17, 15) is 9.90 Å². The zero-order valence-electron chi connectivity index (χ0n) is 5.70. The molecule has 0 atom stereocenters. The van der Waals surface area contributed by atoms with Crippen LogP contribution in [0.3, 0.4) is 0 Å². The standard InChI is InChI=1S/C7H8N2O2/c8-9-6-3-1-2-5(4-6)7(10)11/h1-4,9H,8H2,(H,10,11)/p-1. The van der Waals surface area contributed by atoms with Gasteiger partial charge in [-0.2, -0.15) is 0 Å². The monoisotopic (exact) mass is 151 g/mol. The van der Waals surface area contributed by atoms with Crippen LogP contribution in [-0.4, -0.2) is 5.97 Å². The molecular weight excluding hydrogens is 144 g/mol. The van der Waals surface area contributed by atoms with Gasteiger partial charge in [0, 0.05) is 5.69 Å². The Bertz CT molecular complexity index is 273. The second-order valence-electron chi connectivity index (χ2n) is 2.01. The van der Waals surface area contributed by atoms with Crippen molar-refractivity contribution in [2.45, 2.75) is 0 Å². The number of carbonyl (C=O) groups is 1. The van der Waals surface area contributed by atoms with E-state index in [0.29, 0.717) is 5.69 Å². The minimum absolute atomic E-state index is 0.112. The molecular formula is C7H7N2O2-. The van der Waals surface area contributed by atoms with Crippen molar-refractivity contribution in [2.75, 3.05) is 5.43 Å². The number of benzene rings is 1. The number of nitrogens with two attached hydrogens (primary N) is 1. The Morgan fingerprint density at radius 1 is 1.55 bits per heavy atom. The van der Waals surface area contributed by atoms with Gasteiger partial charge in [0.15, 0.2) is 0 Å². The molecule has 0 spiro atoms. The fraction of sp³-hybridized carbons (Fsp3) is 0. The molecule has 0 radical (unpaired) electrons. The highest BCUT2D eigenvalue weighted by Crippen LogP contribution is 2.07. The first kappa shape index (κ1) is 7.56. The summed E-state index contributed by atoms with van der Waals surface area (Å²) in [5, 5.41) is 10.3. The fourth-order valence-electron chi connectivity index (χ4n) is 0.736. The van der Waals surface area contributed by atoms with Crippen LogP contribution in [0.15, 0.2) is 24.3 Å². The van der Waals surface area contributed by atoms with E-state index in [-0.39, 0.29) is 5.56 Å². The SMILES string of the molecule is NNc1cccc(C(=O)[O-])c1. The second-order valence-corrected chi connectivity index (χ2v) is 2.01. The first-order valence-electron chi connectivity index (χ1n) is 3.02. The van der Waals surface area contributed by atoms with Crippen molar-refractivity contribution in [1.82, 2.24) is 0 Å². The number of rotatable bonds is 2. The number of hydrazine groups is 1. The smallest absolute Gasteiger partial charge is 0.0716 e. The zero-order valence-corrected chi connectivity index (χ0v) is 5.70. The van der Waals surface area contributed by atoms with Crippen molar-refractivity contribution in [3.8, 4) is 0 Å². The minimum atomic E-state index is -1.21. The molecule has 0 heterocycles. The van der Waals surface area contributed by atoms with Gasteiger partial charge in [0.25, 0.3) is 0 Å². The summed E-state index contributed by atoms with van der Waals surface area (Å²) in [6, 6.07) is 6.08. The lowest BCUT2D eigenvalue weighted by Crippen LogP contribution is -2.22. The van der Waals surface area contributed by atoms with Crippen LogP contribution in [0, 0.1) is 0 Å². The van der Waals surface area contributed by atoms with Crippen molar-refractivity contribution < 1.29 is 9.90 Å². The number of anilines is 1. The molecule has 1 aromatic rings. The highest BCUT2D eigenvalue weighted by molar-refractivity contribution is 5.86. The van der Waals surface area contributed by atoms with Gasteiger partial charge in [-0.1, -0.05) is 12.1 Å². The van der Waals surface area contributed by atoms with Crippen LogP contribution in [0.1, 0.15) is 10.4 Å². The van der Waals surface area contributed by atoms with Gasteiger partial charge < -0.3 is 15.3 Å². The number of carbonyl (C=O) groups excluding carboxylic acids is 1. The molecule has 0 aliphatic carbocycles. The second kappa shape index (κ2) is 3.03. The lowest BCUT2D eigenvalue weighted by Gasteiger charge is -2.04. The highest BCUT2D eigenvalue weighted by Gasteiger charge is 1.93. The first-order valence-corrected chi connectivity index (χ1v) is 3.02. The largest absolute Gasteiger partial charge is 0.545 e. The molecule has 0 fully saturated rings. The van der Waals surface area contributed by atoms with Crippen LogP contribution >= 0.6 is 0 Å². The summed E-state index contributed by atoms with van der Waals surface area (Å²) in [5.41, 5.74) is 2.99. The molecule has 4 nitrogen and oxygen atoms in total. The summed E-state index contributed by atoms with van der Waals surface area (Å²) in [7, 11) is 0. The van der Waals surface area contributed by atoms with E-state index < -0.39 is 5.97 Å². The normalized spacial score (nSPS) is 9.18. The van der Waals surface area contributed by atoms with Gasteiger partial charge in [-0.3, -0.25) is 5.84 Å². The first-order chi connectivity index (χ1) is 5.24. The number of aromatic carboxylic acids is 1. The van der Waals surface area contributed by atoms with Crippen LogP contribution in [0.2, 0.25) is 0 Å². The van der Waals surface area contributed by atoms with E-state index in [1.807, 2.05) is 0 Å². The molecule has 11 heavy (non-hydrogen) atoms. The number of hydrogen-bond donors (Lipinski definition) is 2. The molecule has 3 N–H and O–H groups in total. The maximum Gasteiger partial charge on any atom is 0.0716 e. The van der Waals surface area contributed by atoms with Crippen LogP contribution < -0.4 is 16.4 Å². The molecule has 0 saturated heterocycles. The van der Waals surface area contributed by atoms with Crippen LogP contribution in [-0.2, 0) is 0 Å². The van der Waals surface area contributed by atoms with E-state index in [2.05, 4.69) is 5.43 Å². The molecule has 0 saturated carbocycles. The highest BCUT2D eigenvalue weighted by atomic mass is 16.4. The Morgan fingerprint density at radius 2 is 2.27 bits per heavy atom. The molecule has 0 aliphatic heterocycles. The van der Waals surface area contributed by atoms with Gasteiger partial charge >= 0.3 is 0 Å². The average molecular weight is 151 g/mol. The Labute approximate surface area is 63.6 Å². The lowest BCUT2D eigenvalue weighted by atomic mass is 10.2. The minimum Gasteiger partial charge on any atom is -0.545 e. The number of nitrogen functional groups attached to an aromatic ring is 1. The molecule has 0 amide bonds. The third-order valence-corrected chi connectivity index (χ3v) is 1.26. The summed E-state index contributed by atoms with van der Waals surface area (Å²) >= 11 is 0. The van der Waals surface area contributed by atoms with Crippen molar-refractivity contribution in [3.63, 3.8) is 0 Å². The van der Waals surface area contributed by atoms with Gasteiger partial charge in [0.05, 0.1) is 5.97 Å². The maximum absolute atomic E-state index is 10.3. The van der Waals surface area contributed by atoms with Crippen molar-refractivity contribution in [1.29, 1.82) is 0 Å². The quantitative estimate of drug-likeness (QED) is 0.434. The average Bonchev–Trinajstić information content (AvgIpc) is 2.05. The van der Waals surface area contributed by atoms with Crippen molar-refractivity contribution in [3.05, 3.63) is 29.8 Å². The third kappa shape index (κ3) is 1.68. The van der Waals surface area contributed by atoms with Crippen LogP contribution in [0.5, 0.6) is 0 Å². The van der Waals surface area contributed by atoms with Crippen LogP contribution in [0.25, 0.3) is 0 Å². The fourth-order valence-corrected chi connectivity index (χ4v) is 0.736. The summed E-state index contributed by atoms with van der Waals surface area (Å²) in [4.78, 5) is 10.3. The van der Waals surface area contributed by atoms with Gasteiger partial charge in [0.2, 0.25) is 0 Å². The molecule has 58 valence electrons. The Kier molecular flexibility index (Phi) is 2.08. The number of carboxylic acid groups (broad SMARTS) is 1. The molecule has 0 aliphatic rings. The summed E-state index contributed by atoms with van der Waals surface area (Å²) in [6.45, 7) is 0. The Balaban J connectivity index is 3.01. The van der Waals surface area contributed by atoms with E-state index in [1.165, 1.54) is 12.1 Å². The molecule has 0 aromatic heterocycles. The predicted molar refractivity (Wildman–Crippen MR) is 38.6 cm³/mol. The van der Waals surface area contributed by atoms with E-state index >= 15 is 0 Å². The molecule has 0 bridgehead atoms. The van der Waals surface area contributed by atoms with E-state index in [1.54, 1.807) is 12.1 Å². The van der Waals surface area contributed by atoms with Gasteiger partial charge in [-0.25, -0.2) is 0 Å². The summed E-state index contributed by atoms with van der Waals surface area (Å²) in [5.74, 6) is 3.85. The van der Waals surface area contributed by atoms with Gasteiger partial charge in [-0.05, 0) is 17.7 Å². The zero-order chi connectivity index (χ0) is 8.27. The van der Waals surface area contributed by atoms with Crippen LogP contribution in [0.4, 0.5) is 5.69 Å². The topological polar surface area (TPSA) is 78.2 Å².